The maximum atomic E-state index is 13.6. The Morgan fingerprint density at radius 3 is 2.75 bits per heavy atom. The number of urea groups is 1. The molecule has 10 heteroatoms. The molecule has 1 unspecified atom stereocenters. The Bertz CT molecular complexity index is 1010. The van der Waals surface area contributed by atoms with Crippen molar-refractivity contribution in [2.24, 2.45) is 0 Å². The lowest BCUT2D eigenvalue weighted by Crippen LogP contribution is -2.76. The molecule has 1 aromatic carbocycles. The Kier molecular flexibility index (Phi) is 9.24. The first-order valence-electron chi connectivity index (χ1n) is 12.2. The molecule has 1 N–H and O–H groups in total. The molecule has 192 valence electrons. The van der Waals surface area contributed by atoms with E-state index in [9.17, 15) is 14.4 Å². The van der Waals surface area contributed by atoms with Gasteiger partial charge in [-0.3, -0.25) is 9.59 Å². The topological polar surface area (TPSA) is 76.2 Å². The number of rotatable bonds is 9. The van der Waals surface area contributed by atoms with Gasteiger partial charge < -0.3 is 15.1 Å². The van der Waals surface area contributed by atoms with Crippen molar-refractivity contribution in [1.29, 1.82) is 0 Å². The van der Waals surface area contributed by atoms with Crippen molar-refractivity contribution in [3.63, 3.8) is 0 Å². The SMILES string of the molecule is C#CCN1CC(=O)N2[C@@H](CCSC)C(=O)N(CCC3CC=CS3)C[C@@H]2N1C(=O)NCc1ccccc1. The van der Waals surface area contributed by atoms with Gasteiger partial charge in [-0.2, -0.15) is 16.8 Å². The Labute approximate surface area is 221 Å². The number of thioether (sulfide) groups is 2. The van der Waals surface area contributed by atoms with Crippen LogP contribution in [0.15, 0.2) is 41.8 Å². The van der Waals surface area contributed by atoms with Crippen molar-refractivity contribution in [2.75, 3.05) is 38.2 Å². The van der Waals surface area contributed by atoms with E-state index in [4.69, 9.17) is 6.42 Å². The maximum Gasteiger partial charge on any atom is 0.334 e. The van der Waals surface area contributed by atoms with Crippen LogP contribution in [-0.4, -0.2) is 93.3 Å². The molecule has 36 heavy (non-hydrogen) atoms. The Balaban J connectivity index is 1.58. The molecule has 3 heterocycles. The molecule has 0 saturated carbocycles. The van der Waals surface area contributed by atoms with Crippen LogP contribution in [0, 0.1) is 12.3 Å². The van der Waals surface area contributed by atoms with E-state index in [1.807, 2.05) is 41.5 Å². The molecule has 0 aliphatic carbocycles. The molecule has 3 aliphatic rings. The van der Waals surface area contributed by atoms with Gasteiger partial charge in [0.25, 0.3) is 0 Å². The molecule has 0 radical (unpaired) electrons. The number of carbonyl (C=O) groups is 3. The summed E-state index contributed by atoms with van der Waals surface area (Å²) in [5, 5.41) is 8.75. The summed E-state index contributed by atoms with van der Waals surface area (Å²) in [5.41, 5.74) is 0.972. The quantitative estimate of drug-likeness (QED) is 0.498. The number of benzene rings is 1. The molecule has 0 spiro atoms. The number of amides is 4. The molecule has 2 fully saturated rings. The van der Waals surface area contributed by atoms with E-state index < -0.39 is 12.2 Å². The number of hydrazine groups is 1. The highest BCUT2D eigenvalue weighted by Crippen LogP contribution is 2.31. The van der Waals surface area contributed by atoms with Crippen molar-refractivity contribution in [1.82, 2.24) is 25.1 Å². The number of terminal acetylenes is 1. The van der Waals surface area contributed by atoms with Gasteiger partial charge in [0.05, 0.1) is 19.6 Å². The average molecular weight is 528 g/mol. The lowest BCUT2D eigenvalue weighted by Gasteiger charge is -2.55. The third-order valence-corrected chi connectivity index (χ3v) is 8.49. The van der Waals surface area contributed by atoms with Crippen LogP contribution >= 0.6 is 23.5 Å². The molecule has 8 nitrogen and oxygen atoms in total. The van der Waals surface area contributed by atoms with Crippen molar-refractivity contribution >= 4 is 41.4 Å². The number of hydrogen-bond donors (Lipinski definition) is 1. The summed E-state index contributed by atoms with van der Waals surface area (Å²) < 4.78 is 0. The van der Waals surface area contributed by atoms with E-state index in [0.717, 1.165) is 24.2 Å². The van der Waals surface area contributed by atoms with Gasteiger partial charge in [-0.1, -0.05) is 42.3 Å². The zero-order valence-electron chi connectivity index (χ0n) is 20.5. The van der Waals surface area contributed by atoms with E-state index in [0.29, 0.717) is 24.8 Å². The Morgan fingerprint density at radius 1 is 1.25 bits per heavy atom. The first-order valence-corrected chi connectivity index (χ1v) is 14.6. The number of allylic oxidation sites excluding steroid dienone is 1. The second-order valence-electron chi connectivity index (χ2n) is 9.03. The second-order valence-corrected chi connectivity index (χ2v) is 11.2. The number of hydrogen-bond acceptors (Lipinski definition) is 6. The van der Waals surface area contributed by atoms with Gasteiger partial charge in [0.2, 0.25) is 11.8 Å². The van der Waals surface area contributed by atoms with Crippen LogP contribution in [0.3, 0.4) is 0 Å². The third kappa shape index (κ3) is 6.02. The predicted molar refractivity (Wildman–Crippen MR) is 145 cm³/mol. The van der Waals surface area contributed by atoms with Crippen LogP contribution < -0.4 is 5.32 Å². The lowest BCUT2D eigenvalue weighted by molar-refractivity contribution is -0.188. The molecule has 3 aliphatic heterocycles. The summed E-state index contributed by atoms with van der Waals surface area (Å²) in [6.07, 6.45) is 11.6. The zero-order valence-corrected chi connectivity index (χ0v) is 22.2. The molecule has 0 aromatic heterocycles. The Morgan fingerprint density at radius 2 is 2.06 bits per heavy atom. The monoisotopic (exact) mass is 527 g/mol. The average Bonchev–Trinajstić information content (AvgIpc) is 3.40. The fraction of sp³-hybridized carbons (Fsp3) is 0.500. The summed E-state index contributed by atoms with van der Waals surface area (Å²) in [7, 11) is 0. The molecule has 4 amide bonds. The number of fused-ring (bicyclic) bond motifs is 1. The molecular formula is C26H33N5O3S2. The molecule has 1 aromatic rings. The van der Waals surface area contributed by atoms with E-state index in [1.165, 1.54) is 0 Å². The van der Waals surface area contributed by atoms with Gasteiger partial charge in [0.1, 0.15) is 12.2 Å². The van der Waals surface area contributed by atoms with Crippen molar-refractivity contribution in [3.05, 3.63) is 47.4 Å². The van der Waals surface area contributed by atoms with Crippen LogP contribution in [0.1, 0.15) is 24.8 Å². The first-order chi connectivity index (χ1) is 17.5. The molecular weight excluding hydrogens is 494 g/mol. The smallest absolute Gasteiger partial charge is 0.334 e. The fourth-order valence-electron chi connectivity index (χ4n) is 4.91. The second kappa shape index (κ2) is 12.6. The van der Waals surface area contributed by atoms with Gasteiger partial charge in [-0.25, -0.2) is 9.80 Å². The van der Waals surface area contributed by atoms with E-state index in [1.54, 1.807) is 38.4 Å². The van der Waals surface area contributed by atoms with Gasteiger partial charge in [-0.15, -0.1) is 18.2 Å². The standard InChI is InChI=1S/C26H33N5O3S2/c1-3-13-29-19-24(32)30-22(12-16-35-2)25(33)28(14-11-21-10-7-15-36-21)18-23(30)31(29)26(34)27-17-20-8-5-4-6-9-20/h1,4-9,15,21-23H,10-14,16-19H2,2H3,(H,27,34)/t21?,22-,23-/m0/s1. The van der Waals surface area contributed by atoms with E-state index in [-0.39, 0.29) is 37.5 Å². The Hall–Kier alpha value is -2.61. The number of nitrogens with one attached hydrogen (secondary N) is 1. The van der Waals surface area contributed by atoms with Crippen molar-refractivity contribution in [2.45, 2.75) is 43.3 Å². The number of carbonyl (C=O) groups excluding carboxylic acids is 3. The molecule has 3 atom stereocenters. The van der Waals surface area contributed by atoms with Crippen LogP contribution in [0.2, 0.25) is 0 Å². The van der Waals surface area contributed by atoms with E-state index >= 15 is 0 Å². The number of piperazine rings is 1. The van der Waals surface area contributed by atoms with Crippen molar-refractivity contribution in [3.8, 4) is 12.3 Å². The minimum atomic E-state index is -0.603. The van der Waals surface area contributed by atoms with Gasteiger partial charge in [-0.05, 0) is 42.2 Å². The highest BCUT2D eigenvalue weighted by atomic mass is 32.2. The van der Waals surface area contributed by atoms with Gasteiger partial charge in [0, 0.05) is 18.3 Å². The van der Waals surface area contributed by atoms with Crippen LogP contribution in [-0.2, 0) is 16.1 Å². The van der Waals surface area contributed by atoms with E-state index in [2.05, 4.69) is 22.7 Å². The lowest BCUT2D eigenvalue weighted by atomic mass is 10.0. The summed E-state index contributed by atoms with van der Waals surface area (Å²) in [6, 6.07) is 8.75. The summed E-state index contributed by atoms with van der Waals surface area (Å²) in [6.45, 7) is 1.31. The highest BCUT2D eigenvalue weighted by Gasteiger charge is 2.51. The first kappa shape index (κ1) is 26.5. The summed E-state index contributed by atoms with van der Waals surface area (Å²) in [5.74, 6) is 3.13. The summed E-state index contributed by atoms with van der Waals surface area (Å²) in [4.78, 5) is 43.9. The number of nitrogens with zero attached hydrogens (tertiary/aromatic N) is 4. The fourth-order valence-corrected chi connectivity index (χ4v) is 6.28. The largest absolute Gasteiger partial charge is 0.337 e. The highest BCUT2D eigenvalue weighted by molar-refractivity contribution is 8.03. The van der Waals surface area contributed by atoms with Crippen LogP contribution in [0.25, 0.3) is 0 Å². The van der Waals surface area contributed by atoms with Gasteiger partial charge in [0.15, 0.2) is 0 Å². The van der Waals surface area contributed by atoms with Gasteiger partial charge >= 0.3 is 6.03 Å². The minimum absolute atomic E-state index is 0.0281. The van der Waals surface area contributed by atoms with Crippen LogP contribution in [0.4, 0.5) is 4.79 Å². The molecule has 4 rings (SSSR count). The van der Waals surface area contributed by atoms with Crippen molar-refractivity contribution < 1.29 is 14.4 Å². The predicted octanol–water partition coefficient (Wildman–Crippen LogP) is 2.59. The third-order valence-electron chi connectivity index (χ3n) is 6.68. The molecule has 2 saturated heterocycles. The normalized spacial score (nSPS) is 24.1. The summed E-state index contributed by atoms with van der Waals surface area (Å²) >= 11 is 3.44. The van der Waals surface area contributed by atoms with Crippen LogP contribution in [0.5, 0.6) is 0 Å². The molecule has 0 bridgehead atoms. The zero-order chi connectivity index (χ0) is 25.5. The maximum absolute atomic E-state index is 13.6. The minimum Gasteiger partial charge on any atom is -0.337 e.